The van der Waals surface area contributed by atoms with Gasteiger partial charge in [-0.05, 0) is 24.1 Å². The number of fused-ring (bicyclic) bond motifs is 1. The Bertz CT molecular complexity index is 1020. The van der Waals surface area contributed by atoms with Crippen LogP contribution < -0.4 is 20.5 Å². The van der Waals surface area contributed by atoms with Gasteiger partial charge < -0.3 is 25.6 Å². The van der Waals surface area contributed by atoms with Crippen molar-refractivity contribution in [2.24, 2.45) is 0 Å². The van der Waals surface area contributed by atoms with Crippen LogP contribution in [0.15, 0.2) is 24.3 Å². The number of anilines is 2. The van der Waals surface area contributed by atoms with E-state index in [0.29, 0.717) is 36.9 Å². The van der Waals surface area contributed by atoms with E-state index in [4.69, 9.17) is 20.3 Å². The number of methoxy groups -OCH3 is 1. The molecule has 0 aliphatic carbocycles. The predicted octanol–water partition coefficient (Wildman–Crippen LogP) is 2.34. The number of nitrogens with two attached hydrogens (primary N) is 1. The Labute approximate surface area is 174 Å². The highest BCUT2D eigenvalue weighted by Crippen LogP contribution is 2.25. The molecule has 3 aromatic rings. The molecule has 0 atom stereocenters. The molecule has 0 amide bonds. The van der Waals surface area contributed by atoms with E-state index in [2.05, 4.69) is 27.2 Å². The van der Waals surface area contributed by atoms with Gasteiger partial charge in [-0.15, -0.1) is 0 Å². The number of unbranched alkanes of at least 4 members (excludes halogenated alkanes) is 1. The average Bonchev–Trinajstić information content (AvgIpc) is 3.06. The van der Waals surface area contributed by atoms with Crippen molar-refractivity contribution in [1.29, 1.82) is 0 Å². The standard InChI is InChI=1S/C20H26N6O4/c1-3-4-10-30-19-24-17(21)16-18(25-19)26(20(23-16)29-2)9-8-22-14-7-5-6-13(11-14)12-15(27)28/h5-7,11,22H,3-4,8-10,12H2,1-2H3,(H,27,28)(H2,21,24,25). The topological polar surface area (TPSA) is 137 Å². The molecular formula is C20H26N6O4. The molecule has 2 aromatic heterocycles. The van der Waals surface area contributed by atoms with Gasteiger partial charge in [0.1, 0.15) is 0 Å². The van der Waals surface area contributed by atoms with Crippen molar-refractivity contribution in [3.8, 4) is 12.0 Å². The van der Waals surface area contributed by atoms with E-state index in [1.807, 2.05) is 18.2 Å². The second kappa shape index (κ2) is 9.77. The summed E-state index contributed by atoms with van der Waals surface area (Å²) < 4.78 is 12.8. The maximum absolute atomic E-state index is 10.9. The van der Waals surface area contributed by atoms with E-state index >= 15 is 0 Å². The van der Waals surface area contributed by atoms with Crippen molar-refractivity contribution in [2.75, 3.05) is 31.3 Å². The predicted molar refractivity (Wildman–Crippen MR) is 113 cm³/mol. The number of nitrogen functional groups attached to an aromatic ring is 1. The molecule has 10 nitrogen and oxygen atoms in total. The lowest BCUT2D eigenvalue weighted by Crippen LogP contribution is -2.13. The first-order valence-corrected chi connectivity index (χ1v) is 9.77. The summed E-state index contributed by atoms with van der Waals surface area (Å²) in [6.45, 7) is 3.62. The number of imidazole rings is 1. The van der Waals surface area contributed by atoms with Gasteiger partial charge in [0.2, 0.25) is 0 Å². The molecule has 0 spiro atoms. The number of carboxylic acid groups (broad SMARTS) is 1. The van der Waals surface area contributed by atoms with E-state index in [0.717, 1.165) is 24.1 Å². The lowest BCUT2D eigenvalue weighted by Gasteiger charge is -2.11. The summed E-state index contributed by atoms with van der Waals surface area (Å²) in [7, 11) is 1.53. The smallest absolute Gasteiger partial charge is 0.320 e. The van der Waals surface area contributed by atoms with Gasteiger partial charge in [0.25, 0.3) is 6.01 Å². The van der Waals surface area contributed by atoms with E-state index in [1.54, 1.807) is 10.6 Å². The van der Waals surface area contributed by atoms with Crippen LogP contribution in [-0.2, 0) is 17.8 Å². The number of carbonyl (C=O) groups is 1. The van der Waals surface area contributed by atoms with Gasteiger partial charge in [0, 0.05) is 18.8 Å². The molecule has 10 heteroatoms. The summed E-state index contributed by atoms with van der Waals surface area (Å²) in [5, 5.41) is 12.2. The van der Waals surface area contributed by atoms with Crippen molar-refractivity contribution in [2.45, 2.75) is 32.7 Å². The minimum Gasteiger partial charge on any atom is -0.481 e. The Balaban J connectivity index is 1.76. The third kappa shape index (κ3) is 5.07. The normalized spacial score (nSPS) is 10.9. The summed E-state index contributed by atoms with van der Waals surface area (Å²) in [5.41, 5.74) is 8.60. The number of rotatable bonds is 11. The van der Waals surface area contributed by atoms with Crippen molar-refractivity contribution in [3.05, 3.63) is 29.8 Å². The summed E-state index contributed by atoms with van der Waals surface area (Å²) in [6.07, 6.45) is 1.88. The third-order valence-corrected chi connectivity index (χ3v) is 4.42. The molecule has 0 aliphatic rings. The quantitative estimate of drug-likeness (QED) is 0.404. The molecule has 0 radical (unpaired) electrons. The maximum Gasteiger partial charge on any atom is 0.320 e. The number of carboxylic acids is 1. The van der Waals surface area contributed by atoms with Gasteiger partial charge in [-0.3, -0.25) is 9.36 Å². The highest BCUT2D eigenvalue weighted by molar-refractivity contribution is 5.83. The van der Waals surface area contributed by atoms with Crippen LogP contribution in [0.1, 0.15) is 25.3 Å². The number of aliphatic carboxylic acids is 1. The second-order valence-electron chi connectivity index (χ2n) is 6.71. The van der Waals surface area contributed by atoms with Gasteiger partial charge in [-0.25, -0.2) is 0 Å². The van der Waals surface area contributed by atoms with E-state index in [1.165, 1.54) is 7.11 Å². The van der Waals surface area contributed by atoms with E-state index in [9.17, 15) is 4.79 Å². The molecule has 1 aromatic carbocycles. The van der Waals surface area contributed by atoms with E-state index in [-0.39, 0.29) is 18.2 Å². The van der Waals surface area contributed by atoms with Gasteiger partial charge in [-0.1, -0.05) is 25.5 Å². The fourth-order valence-corrected chi connectivity index (χ4v) is 2.99. The van der Waals surface area contributed by atoms with Crippen molar-refractivity contribution >= 4 is 28.6 Å². The molecule has 4 N–H and O–H groups in total. The molecule has 30 heavy (non-hydrogen) atoms. The Kier molecular flexibility index (Phi) is 6.89. The highest BCUT2D eigenvalue weighted by atomic mass is 16.5. The molecule has 0 saturated carbocycles. The number of ether oxygens (including phenoxy) is 2. The molecule has 0 aliphatic heterocycles. The van der Waals surface area contributed by atoms with Crippen molar-refractivity contribution in [3.63, 3.8) is 0 Å². The minimum atomic E-state index is -0.865. The number of aromatic nitrogens is 4. The fraction of sp³-hybridized carbons (Fsp3) is 0.400. The lowest BCUT2D eigenvalue weighted by atomic mass is 10.1. The SMILES string of the molecule is CCCCOc1nc(N)c2nc(OC)n(CCNc3cccc(CC(=O)O)c3)c2n1. The molecule has 0 unspecified atom stereocenters. The van der Waals surface area contributed by atoms with Gasteiger partial charge in [0.15, 0.2) is 17.0 Å². The van der Waals surface area contributed by atoms with Crippen LogP contribution in [0, 0.1) is 0 Å². The minimum absolute atomic E-state index is 0.0213. The van der Waals surface area contributed by atoms with Crippen LogP contribution in [0.3, 0.4) is 0 Å². The first-order valence-electron chi connectivity index (χ1n) is 9.77. The number of hydrogen-bond acceptors (Lipinski definition) is 8. The Morgan fingerprint density at radius 2 is 2.13 bits per heavy atom. The summed E-state index contributed by atoms with van der Waals surface area (Å²) in [4.78, 5) is 23.9. The second-order valence-corrected chi connectivity index (χ2v) is 6.71. The van der Waals surface area contributed by atoms with Crippen LogP contribution >= 0.6 is 0 Å². The zero-order valence-electron chi connectivity index (χ0n) is 17.1. The zero-order valence-corrected chi connectivity index (χ0v) is 17.1. The average molecular weight is 414 g/mol. The van der Waals surface area contributed by atoms with Crippen LogP contribution in [0.5, 0.6) is 12.0 Å². The zero-order chi connectivity index (χ0) is 21.5. The molecule has 2 heterocycles. The first-order chi connectivity index (χ1) is 14.5. The molecular weight excluding hydrogens is 388 g/mol. The van der Waals surface area contributed by atoms with Gasteiger partial charge in [0.05, 0.1) is 20.1 Å². The Morgan fingerprint density at radius 3 is 2.87 bits per heavy atom. The number of nitrogens with zero attached hydrogens (tertiary/aromatic N) is 4. The van der Waals surface area contributed by atoms with Crippen molar-refractivity contribution < 1.29 is 19.4 Å². The fourth-order valence-electron chi connectivity index (χ4n) is 2.99. The largest absolute Gasteiger partial charge is 0.481 e. The van der Waals surface area contributed by atoms with Crippen LogP contribution in [-0.4, -0.2) is 50.9 Å². The van der Waals surface area contributed by atoms with Crippen molar-refractivity contribution in [1.82, 2.24) is 19.5 Å². The Hall–Kier alpha value is -3.56. The summed E-state index contributed by atoms with van der Waals surface area (Å²) >= 11 is 0. The van der Waals surface area contributed by atoms with Crippen LogP contribution in [0.25, 0.3) is 11.2 Å². The van der Waals surface area contributed by atoms with E-state index < -0.39 is 5.97 Å². The number of nitrogens with one attached hydrogen (secondary N) is 1. The molecule has 160 valence electrons. The lowest BCUT2D eigenvalue weighted by molar-refractivity contribution is -0.136. The maximum atomic E-state index is 10.9. The number of hydrogen-bond donors (Lipinski definition) is 3. The van der Waals surface area contributed by atoms with Gasteiger partial charge >= 0.3 is 12.0 Å². The van der Waals surface area contributed by atoms with Crippen LogP contribution in [0.4, 0.5) is 11.5 Å². The summed E-state index contributed by atoms with van der Waals surface area (Å²) in [5.74, 6) is -0.631. The molecule has 0 bridgehead atoms. The number of benzene rings is 1. The molecule has 0 fully saturated rings. The third-order valence-electron chi connectivity index (χ3n) is 4.42. The van der Waals surface area contributed by atoms with Gasteiger partial charge in [-0.2, -0.15) is 15.0 Å². The monoisotopic (exact) mass is 414 g/mol. The Morgan fingerprint density at radius 1 is 1.30 bits per heavy atom. The molecule has 0 saturated heterocycles. The first kappa shape index (κ1) is 21.2. The highest BCUT2D eigenvalue weighted by Gasteiger charge is 2.17. The molecule has 3 rings (SSSR count). The summed E-state index contributed by atoms with van der Waals surface area (Å²) in [6, 6.07) is 7.89. The van der Waals surface area contributed by atoms with Crippen LogP contribution in [0.2, 0.25) is 0 Å².